The summed E-state index contributed by atoms with van der Waals surface area (Å²) in [5, 5.41) is 9.64. The van der Waals surface area contributed by atoms with E-state index in [0.717, 1.165) is 21.3 Å². The maximum atomic E-state index is 12.2. The molecule has 3 aromatic rings. The number of hydrogen-bond donors (Lipinski definition) is 1. The molecule has 1 amide bonds. The van der Waals surface area contributed by atoms with Crippen LogP contribution in [-0.2, 0) is 19.3 Å². The third kappa shape index (κ3) is 4.84. The lowest BCUT2D eigenvalue weighted by atomic mass is 10.1. The van der Waals surface area contributed by atoms with Crippen LogP contribution in [0.15, 0.2) is 40.2 Å². The van der Waals surface area contributed by atoms with E-state index in [4.69, 9.17) is 11.6 Å². The van der Waals surface area contributed by atoms with E-state index in [2.05, 4.69) is 15.4 Å². The summed E-state index contributed by atoms with van der Waals surface area (Å²) in [5.41, 5.74) is 3.48. The lowest BCUT2D eigenvalue weighted by molar-refractivity contribution is 0.0950. The minimum atomic E-state index is -0.142. The van der Waals surface area contributed by atoms with Gasteiger partial charge in [-0.05, 0) is 24.6 Å². The molecule has 0 aliphatic rings. The summed E-state index contributed by atoms with van der Waals surface area (Å²) in [4.78, 5) is 16.7. The number of nitrogens with zero attached hydrogens (tertiary/aromatic N) is 3. The molecule has 25 heavy (non-hydrogen) atoms. The Balaban J connectivity index is 1.54. The number of carbonyl (C=O) groups is 1. The van der Waals surface area contributed by atoms with Crippen molar-refractivity contribution in [3.8, 4) is 0 Å². The molecular formula is C17H17ClN4OS2. The van der Waals surface area contributed by atoms with Crippen LogP contribution in [0.2, 0.25) is 5.02 Å². The van der Waals surface area contributed by atoms with Crippen molar-refractivity contribution in [1.82, 2.24) is 20.1 Å². The Morgan fingerprint density at radius 2 is 2.12 bits per heavy atom. The van der Waals surface area contributed by atoms with E-state index in [-0.39, 0.29) is 5.91 Å². The van der Waals surface area contributed by atoms with E-state index in [9.17, 15) is 4.79 Å². The monoisotopic (exact) mass is 392 g/mol. The van der Waals surface area contributed by atoms with Gasteiger partial charge in [0.2, 0.25) is 0 Å². The van der Waals surface area contributed by atoms with Crippen molar-refractivity contribution in [3.63, 3.8) is 0 Å². The zero-order valence-corrected chi connectivity index (χ0v) is 16.2. The Bertz CT molecular complexity index is 873. The Kier molecular flexibility index (Phi) is 5.78. The molecule has 1 aromatic carbocycles. The number of carbonyl (C=O) groups excluding carboxylic acids is 1. The van der Waals surface area contributed by atoms with Gasteiger partial charge in [-0.15, -0.1) is 11.3 Å². The first-order chi connectivity index (χ1) is 12.0. The van der Waals surface area contributed by atoms with Crippen LogP contribution in [-0.4, -0.2) is 20.7 Å². The zero-order chi connectivity index (χ0) is 17.8. The molecule has 0 bridgehead atoms. The normalized spacial score (nSPS) is 10.8. The molecule has 8 heteroatoms. The number of rotatable bonds is 6. The molecule has 0 saturated carbocycles. The molecule has 0 spiro atoms. The van der Waals surface area contributed by atoms with E-state index in [1.807, 2.05) is 36.6 Å². The van der Waals surface area contributed by atoms with Crippen LogP contribution in [0.1, 0.15) is 27.3 Å². The molecule has 0 saturated heterocycles. The minimum Gasteiger partial charge on any atom is -0.346 e. The van der Waals surface area contributed by atoms with E-state index in [0.29, 0.717) is 22.8 Å². The second-order valence-electron chi connectivity index (χ2n) is 5.52. The molecule has 0 fully saturated rings. The summed E-state index contributed by atoms with van der Waals surface area (Å²) in [5.74, 6) is 0.690. The highest BCUT2D eigenvalue weighted by Crippen LogP contribution is 2.26. The number of halogens is 1. The first-order valence-corrected chi connectivity index (χ1v) is 9.85. The van der Waals surface area contributed by atoms with Crippen molar-refractivity contribution in [2.24, 2.45) is 7.05 Å². The van der Waals surface area contributed by atoms with Gasteiger partial charge in [-0.2, -0.15) is 5.10 Å². The van der Waals surface area contributed by atoms with E-state index < -0.39 is 0 Å². The van der Waals surface area contributed by atoms with Gasteiger partial charge in [0.15, 0.2) is 0 Å². The molecule has 0 unspecified atom stereocenters. The first-order valence-electron chi connectivity index (χ1n) is 7.61. The summed E-state index contributed by atoms with van der Waals surface area (Å²) >= 11 is 9.40. The number of amides is 1. The second kappa shape index (κ2) is 8.03. The minimum absolute atomic E-state index is 0.142. The fraction of sp³-hybridized carbons (Fsp3) is 0.235. The molecule has 0 radical (unpaired) electrons. The van der Waals surface area contributed by atoms with E-state index >= 15 is 0 Å². The summed E-state index contributed by atoms with van der Waals surface area (Å²) in [6.45, 7) is 2.30. The highest BCUT2D eigenvalue weighted by Gasteiger charge is 2.09. The first kappa shape index (κ1) is 18.0. The van der Waals surface area contributed by atoms with Gasteiger partial charge in [0, 0.05) is 35.6 Å². The quantitative estimate of drug-likeness (QED) is 0.642. The number of nitrogens with one attached hydrogen (secondary N) is 1. The largest absolute Gasteiger partial charge is 0.346 e. The van der Waals surface area contributed by atoms with Crippen molar-refractivity contribution in [2.45, 2.75) is 23.6 Å². The highest BCUT2D eigenvalue weighted by atomic mass is 35.5. The van der Waals surface area contributed by atoms with Gasteiger partial charge < -0.3 is 5.32 Å². The van der Waals surface area contributed by atoms with Crippen LogP contribution in [0.5, 0.6) is 0 Å². The van der Waals surface area contributed by atoms with Crippen LogP contribution in [0.3, 0.4) is 0 Å². The maximum Gasteiger partial charge on any atom is 0.251 e. The van der Waals surface area contributed by atoms with Crippen LogP contribution >= 0.6 is 34.7 Å². The molecule has 3 rings (SSSR count). The number of aryl methyl sites for hydroxylation is 2. The standard InChI is InChI=1S/C17H17ClN4OS2/c1-11-9-24-17(20-11)25-10-12-3-5-13(6-4-12)16(23)19-7-15-14(18)8-22(2)21-15/h3-6,8-9H,7,10H2,1-2H3,(H,19,23). The summed E-state index contributed by atoms with van der Waals surface area (Å²) in [6.07, 6.45) is 1.71. The average Bonchev–Trinajstić information content (AvgIpc) is 3.15. The van der Waals surface area contributed by atoms with Crippen LogP contribution < -0.4 is 5.32 Å². The predicted octanol–water partition coefficient (Wildman–Crippen LogP) is 4.06. The van der Waals surface area contributed by atoms with E-state index in [1.54, 1.807) is 41.0 Å². The summed E-state index contributed by atoms with van der Waals surface area (Å²) in [7, 11) is 1.79. The average molecular weight is 393 g/mol. The molecule has 130 valence electrons. The van der Waals surface area contributed by atoms with Crippen molar-refractivity contribution in [1.29, 1.82) is 0 Å². The molecule has 5 nitrogen and oxygen atoms in total. The van der Waals surface area contributed by atoms with Gasteiger partial charge in [-0.3, -0.25) is 9.48 Å². The zero-order valence-electron chi connectivity index (χ0n) is 13.8. The van der Waals surface area contributed by atoms with Crippen molar-refractivity contribution < 1.29 is 4.79 Å². The molecule has 0 aliphatic heterocycles. The second-order valence-corrected chi connectivity index (χ2v) is 8.01. The van der Waals surface area contributed by atoms with Crippen molar-refractivity contribution in [2.75, 3.05) is 0 Å². The maximum absolute atomic E-state index is 12.2. The summed E-state index contributed by atoms with van der Waals surface area (Å²) < 4.78 is 2.69. The number of aromatic nitrogens is 3. The van der Waals surface area contributed by atoms with Crippen LogP contribution in [0, 0.1) is 6.92 Å². The lowest BCUT2D eigenvalue weighted by Gasteiger charge is -2.05. The molecule has 0 atom stereocenters. The van der Waals surface area contributed by atoms with Gasteiger partial charge in [0.25, 0.3) is 5.91 Å². The predicted molar refractivity (Wildman–Crippen MR) is 102 cm³/mol. The van der Waals surface area contributed by atoms with Crippen molar-refractivity contribution in [3.05, 3.63) is 63.4 Å². The Hall–Kier alpha value is -1.83. The number of thioether (sulfide) groups is 1. The molecule has 1 N–H and O–H groups in total. The van der Waals surface area contributed by atoms with Gasteiger partial charge >= 0.3 is 0 Å². The fourth-order valence-electron chi connectivity index (χ4n) is 2.19. The van der Waals surface area contributed by atoms with Gasteiger partial charge in [-0.25, -0.2) is 4.98 Å². The highest BCUT2D eigenvalue weighted by molar-refractivity contribution is 8.00. The SMILES string of the molecule is Cc1csc(SCc2ccc(C(=O)NCc3nn(C)cc3Cl)cc2)n1. The lowest BCUT2D eigenvalue weighted by Crippen LogP contribution is -2.23. The third-order valence-electron chi connectivity index (χ3n) is 3.45. The summed E-state index contributed by atoms with van der Waals surface area (Å²) in [6, 6.07) is 7.60. The van der Waals surface area contributed by atoms with E-state index in [1.165, 1.54) is 0 Å². The Morgan fingerprint density at radius 3 is 2.72 bits per heavy atom. The number of hydrogen-bond acceptors (Lipinski definition) is 5. The smallest absolute Gasteiger partial charge is 0.251 e. The Morgan fingerprint density at radius 1 is 1.36 bits per heavy atom. The van der Waals surface area contributed by atoms with Crippen LogP contribution in [0.25, 0.3) is 0 Å². The van der Waals surface area contributed by atoms with Gasteiger partial charge in [-0.1, -0.05) is 35.5 Å². The molecule has 2 heterocycles. The number of benzene rings is 1. The third-order valence-corrected chi connectivity index (χ3v) is 5.97. The topological polar surface area (TPSA) is 59.8 Å². The van der Waals surface area contributed by atoms with Crippen LogP contribution in [0.4, 0.5) is 0 Å². The van der Waals surface area contributed by atoms with Crippen molar-refractivity contribution >= 4 is 40.6 Å². The molecule has 2 aromatic heterocycles. The molecule has 0 aliphatic carbocycles. The number of thiazole rings is 1. The van der Waals surface area contributed by atoms with Gasteiger partial charge in [0.05, 0.1) is 11.6 Å². The Labute approximate surface area is 159 Å². The fourth-order valence-corrected chi connectivity index (χ4v) is 4.24. The molecular weight excluding hydrogens is 376 g/mol. The van der Waals surface area contributed by atoms with Gasteiger partial charge in [0.1, 0.15) is 10.0 Å².